The minimum absolute atomic E-state index is 0.0195. The van der Waals surface area contributed by atoms with E-state index >= 15 is 0 Å². The van der Waals surface area contributed by atoms with Crippen LogP contribution in [-0.2, 0) is 14.4 Å². The van der Waals surface area contributed by atoms with Gasteiger partial charge in [0.15, 0.2) is 0 Å². The second-order valence-corrected chi connectivity index (χ2v) is 6.23. The number of hydrogen-bond acceptors (Lipinski definition) is 3. The Kier molecular flexibility index (Phi) is 6.65. The fourth-order valence-electron chi connectivity index (χ4n) is 2.67. The number of carboxylic acid groups (broad SMARTS) is 1. The van der Waals surface area contributed by atoms with Crippen molar-refractivity contribution in [2.24, 2.45) is 17.8 Å². The number of aliphatic carboxylic acids is 1. The first-order valence-corrected chi connectivity index (χ1v) is 7.57. The lowest BCUT2D eigenvalue weighted by Crippen LogP contribution is -2.45. The standard InChI is InChI=1S/C15H26N2O4/c1-10(2)8-16-13(18)9-17(3)14(19)11-6-4-5-7-12(11)15(20)21/h10-12H,4-9H2,1-3H3,(H,16,18)(H,20,21). The fourth-order valence-corrected chi connectivity index (χ4v) is 2.67. The third kappa shape index (κ3) is 5.36. The van der Waals surface area contributed by atoms with Crippen molar-refractivity contribution >= 4 is 17.8 Å². The Hall–Kier alpha value is -1.59. The van der Waals surface area contributed by atoms with Gasteiger partial charge in [-0.15, -0.1) is 0 Å². The molecule has 21 heavy (non-hydrogen) atoms. The second-order valence-electron chi connectivity index (χ2n) is 6.23. The van der Waals surface area contributed by atoms with Crippen LogP contribution in [-0.4, -0.2) is 47.9 Å². The summed E-state index contributed by atoms with van der Waals surface area (Å²) >= 11 is 0. The van der Waals surface area contributed by atoms with Gasteiger partial charge in [0.25, 0.3) is 0 Å². The molecule has 0 aromatic carbocycles. The molecule has 0 spiro atoms. The van der Waals surface area contributed by atoms with Gasteiger partial charge in [0.1, 0.15) is 0 Å². The maximum absolute atomic E-state index is 12.4. The Morgan fingerprint density at radius 3 is 2.29 bits per heavy atom. The van der Waals surface area contributed by atoms with Crippen molar-refractivity contribution in [2.75, 3.05) is 20.1 Å². The Bertz CT molecular complexity index is 395. The summed E-state index contributed by atoms with van der Waals surface area (Å²) in [6.45, 7) is 4.54. The number of carbonyl (C=O) groups excluding carboxylic acids is 2. The third-order valence-corrected chi connectivity index (χ3v) is 3.86. The average Bonchev–Trinajstić information content (AvgIpc) is 2.44. The molecular formula is C15H26N2O4. The van der Waals surface area contributed by atoms with E-state index in [4.69, 9.17) is 0 Å². The van der Waals surface area contributed by atoms with Crippen LogP contribution >= 0.6 is 0 Å². The average molecular weight is 298 g/mol. The fraction of sp³-hybridized carbons (Fsp3) is 0.800. The molecule has 1 saturated carbocycles. The zero-order chi connectivity index (χ0) is 16.0. The third-order valence-electron chi connectivity index (χ3n) is 3.86. The van der Waals surface area contributed by atoms with Crippen molar-refractivity contribution in [1.82, 2.24) is 10.2 Å². The number of carboxylic acids is 1. The quantitative estimate of drug-likeness (QED) is 0.769. The molecule has 0 heterocycles. The molecule has 0 radical (unpaired) electrons. The monoisotopic (exact) mass is 298 g/mol. The first-order valence-electron chi connectivity index (χ1n) is 7.57. The lowest BCUT2D eigenvalue weighted by Gasteiger charge is -2.30. The Balaban J connectivity index is 2.55. The van der Waals surface area contributed by atoms with E-state index < -0.39 is 17.8 Å². The SMILES string of the molecule is CC(C)CNC(=O)CN(C)C(=O)C1CCCCC1C(=O)O. The Labute approximate surface area is 125 Å². The van der Waals surface area contributed by atoms with E-state index in [0.29, 0.717) is 25.3 Å². The molecule has 6 nitrogen and oxygen atoms in total. The van der Waals surface area contributed by atoms with Gasteiger partial charge in [-0.1, -0.05) is 26.7 Å². The van der Waals surface area contributed by atoms with Crippen LogP contribution in [0.5, 0.6) is 0 Å². The van der Waals surface area contributed by atoms with Crippen LogP contribution in [0.1, 0.15) is 39.5 Å². The molecule has 2 N–H and O–H groups in total. The van der Waals surface area contributed by atoms with Crippen LogP contribution in [0.25, 0.3) is 0 Å². The summed E-state index contributed by atoms with van der Waals surface area (Å²) in [5.74, 6) is -2.12. The second kappa shape index (κ2) is 8.00. The van der Waals surface area contributed by atoms with Crippen molar-refractivity contribution < 1.29 is 19.5 Å². The first kappa shape index (κ1) is 17.5. The van der Waals surface area contributed by atoms with Crippen LogP contribution in [0.4, 0.5) is 0 Å². The summed E-state index contributed by atoms with van der Waals surface area (Å²) in [6, 6.07) is 0. The largest absolute Gasteiger partial charge is 0.481 e. The van der Waals surface area contributed by atoms with Crippen LogP contribution < -0.4 is 5.32 Å². The van der Waals surface area contributed by atoms with Gasteiger partial charge in [0.05, 0.1) is 18.4 Å². The summed E-state index contributed by atoms with van der Waals surface area (Å²) in [4.78, 5) is 36.7. The van der Waals surface area contributed by atoms with E-state index in [1.54, 1.807) is 7.05 Å². The van der Waals surface area contributed by atoms with Crippen LogP contribution in [0.3, 0.4) is 0 Å². The highest BCUT2D eigenvalue weighted by Crippen LogP contribution is 2.31. The molecule has 1 rings (SSSR count). The number of nitrogens with zero attached hydrogens (tertiary/aromatic N) is 1. The van der Waals surface area contributed by atoms with E-state index in [0.717, 1.165) is 12.8 Å². The summed E-state index contributed by atoms with van der Waals surface area (Å²) in [5.41, 5.74) is 0. The van der Waals surface area contributed by atoms with E-state index in [2.05, 4.69) is 5.32 Å². The number of likely N-dealkylation sites (N-methyl/N-ethyl adjacent to an activating group) is 1. The van der Waals surface area contributed by atoms with Crippen molar-refractivity contribution in [3.05, 3.63) is 0 Å². The summed E-state index contributed by atoms with van der Waals surface area (Å²) < 4.78 is 0. The maximum Gasteiger partial charge on any atom is 0.307 e. The predicted molar refractivity (Wildman–Crippen MR) is 78.6 cm³/mol. The summed E-state index contributed by atoms with van der Waals surface area (Å²) in [5, 5.41) is 12.0. The minimum atomic E-state index is -0.911. The molecule has 0 aromatic heterocycles. The molecule has 0 aromatic rings. The summed E-state index contributed by atoms with van der Waals surface area (Å²) in [6.07, 6.45) is 2.85. The van der Waals surface area contributed by atoms with E-state index in [1.807, 2.05) is 13.8 Å². The van der Waals surface area contributed by atoms with Gasteiger partial charge < -0.3 is 15.3 Å². The first-order chi connectivity index (χ1) is 9.82. The van der Waals surface area contributed by atoms with Gasteiger partial charge >= 0.3 is 5.97 Å². The highest BCUT2D eigenvalue weighted by Gasteiger charge is 2.37. The van der Waals surface area contributed by atoms with Gasteiger partial charge in [-0.3, -0.25) is 14.4 Å². The molecular weight excluding hydrogens is 272 g/mol. The van der Waals surface area contributed by atoms with Crippen molar-refractivity contribution in [1.29, 1.82) is 0 Å². The van der Waals surface area contributed by atoms with Gasteiger partial charge in [-0.25, -0.2) is 0 Å². The number of amides is 2. The maximum atomic E-state index is 12.4. The highest BCUT2D eigenvalue weighted by molar-refractivity contribution is 5.88. The number of hydrogen-bond donors (Lipinski definition) is 2. The molecule has 2 unspecified atom stereocenters. The lowest BCUT2D eigenvalue weighted by molar-refractivity contribution is -0.152. The van der Waals surface area contributed by atoms with Gasteiger partial charge in [-0.2, -0.15) is 0 Å². The number of nitrogens with one attached hydrogen (secondary N) is 1. The van der Waals surface area contributed by atoms with Crippen LogP contribution in [0, 0.1) is 17.8 Å². The Morgan fingerprint density at radius 1 is 1.19 bits per heavy atom. The van der Waals surface area contributed by atoms with Crippen molar-refractivity contribution in [3.8, 4) is 0 Å². The Morgan fingerprint density at radius 2 is 1.76 bits per heavy atom. The molecule has 0 aliphatic heterocycles. The highest BCUT2D eigenvalue weighted by atomic mass is 16.4. The van der Waals surface area contributed by atoms with E-state index in [-0.39, 0.29) is 18.4 Å². The lowest BCUT2D eigenvalue weighted by atomic mass is 9.78. The number of rotatable bonds is 6. The van der Waals surface area contributed by atoms with Crippen molar-refractivity contribution in [3.63, 3.8) is 0 Å². The normalized spacial score (nSPS) is 21.9. The molecule has 2 amide bonds. The molecule has 6 heteroatoms. The molecule has 0 bridgehead atoms. The van der Waals surface area contributed by atoms with Crippen molar-refractivity contribution in [2.45, 2.75) is 39.5 Å². The summed E-state index contributed by atoms with van der Waals surface area (Å²) in [7, 11) is 1.56. The molecule has 2 atom stereocenters. The molecule has 1 fully saturated rings. The topological polar surface area (TPSA) is 86.7 Å². The number of carbonyl (C=O) groups is 3. The van der Waals surface area contributed by atoms with Gasteiger partial charge in [-0.05, 0) is 18.8 Å². The van der Waals surface area contributed by atoms with Gasteiger partial charge in [0.2, 0.25) is 11.8 Å². The zero-order valence-corrected chi connectivity index (χ0v) is 13.1. The van der Waals surface area contributed by atoms with Crippen LogP contribution in [0.2, 0.25) is 0 Å². The van der Waals surface area contributed by atoms with E-state index in [9.17, 15) is 19.5 Å². The molecule has 1 aliphatic carbocycles. The van der Waals surface area contributed by atoms with E-state index in [1.165, 1.54) is 4.90 Å². The molecule has 0 saturated heterocycles. The smallest absolute Gasteiger partial charge is 0.307 e. The predicted octanol–water partition coefficient (Wildman–Crippen LogP) is 1.11. The minimum Gasteiger partial charge on any atom is -0.481 e. The molecule has 1 aliphatic rings. The zero-order valence-electron chi connectivity index (χ0n) is 13.1. The van der Waals surface area contributed by atoms with Gasteiger partial charge in [0, 0.05) is 13.6 Å². The van der Waals surface area contributed by atoms with Crippen LogP contribution in [0.15, 0.2) is 0 Å². The molecule has 120 valence electrons.